The highest BCUT2D eigenvalue weighted by atomic mass is 35.5. The average molecular weight is 569 g/mol. The van der Waals surface area contributed by atoms with Gasteiger partial charge in [0.2, 0.25) is 5.91 Å². The Morgan fingerprint density at radius 1 is 1.03 bits per heavy atom. The number of hydrogen-bond donors (Lipinski definition) is 1. The monoisotopic (exact) mass is 567 g/mol. The number of halogens is 2. The maximum absolute atomic E-state index is 12.1. The van der Waals surface area contributed by atoms with Gasteiger partial charge in [0, 0.05) is 33.1 Å². The summed E-state index contributed by atoms with van der Waals surface area (Å²) in [4.78, 5) is 17.0. The molecule has 0 bridgehead atoms. The summed E-state index contributed by atoms with van der Waals surface area (Å²) < 4.78 is 5.41. The average Bonchev–Trinajstić information content (AvgIpc) is 2.93. The van der Waals surface area contributed by atoms with Crippen molar-refractivity contribution >= 4 is 29.1 Å². The fraction of sp³-hybridized carbons (Fsp3) is 0.406. The molecule has 0 aromatic heterocycles. The van der Waals surface area contributed by atoms with Crippen molar-refractivity contribution in [3.05, 3.63) is 99.5 Å². The highest BCUT2D eigenvalue weighted by Crippen LogP contribution is 2.34. The highest BCUT2D eigenvalue weighted by molar-refractivity contribution is 6.42. The van der Waals surface area contributed by atoms with Gasteiger partial charge in [0.15, 0.2) is 0 Å². The second kappa shape index (κ2) is 13.7. The first-order valence-electron chi connectivity index (χ1n) is 13.6. The van der Waals surface area contributed by atoms with Crippen molar-refractivity contribution in [3.63, 3.8) is 0 Å². The smallest absolute Gasteiger partial charge is 0.217 e. The lowest BCUT2D eigenvalue weighted by molar-refractivity contribution is -0.121. The number of nitrogens with zero attached hydrogens (tertiary/aromatic N) is 2. The van der Waals surface area contributed by atoms with Crippen molar-refractivity contribution in [2.45, 2.75) is 44.2 Å². The Morgan fingerprint density at radius 2 is 1.77 bits per heavy atom. The van der Waals surface area contributed by atoms with E-state index in [9.17, 15) is 4.79 Å². The molecule has 4 rings (SSSR count). The molecule has 1 aliphatic rings. The van der Waals surface area contributed by atoms with Crippen molar-refractivity contribution in [2.24, 2.45) is 0 Å². The number of likely N-dealkylation sites (tertiary alicyclic amines) is 1. The van der Waals surface area contributed by atoms with Crippen molar-refractivity contribution in [2.75, 3.05) is 40.3 Å². The molecule has 1 aliphatic heterocycles. The molecule has 7 heteroatoms. The van der Waals surface area contributed by atoms with E-state index in [2.05, 4.69) is 64.6 Å². The fourth-order valence-corrected chi connectivity index (χ4v) is 6.04. The molecule has 0 radical (unpaired) electrons. The summed E-state index contributed by atoms with van der Waals surface area (Å²) in [7, 11) is 3.86. The molecule has 1 fully saturated rings. The summed E-state index contributed by atoms with van der Waals surface area (Å²) in [5.74, 6) is 1.19. The number of ether oxygens (including phenoxy) is 1. The van der Waals surface area contributed by atoms with Crippen LogP contribution in [-0.4, -0.2) is 56.0 Å². The third-order valence-corrected chi connectivity index (χ3v) is 8.52. The summed E-state index contributed by atoms with van der Waals surface area (Å²) in [6.07, 6.45) is 2.78. The zero-order valence-electron chi connectivity index (χ0n) is 23.1. The van der Waals surface area contributed by atoms with Crippen LogP contribution in [0.1, 0.15) is 48.8 Å². The fourth-order valence-electron chi connectivity index (χ4n) is 5.73. The number of likely N-dealkylation sites (N-methyl/N-ethyl adjacent to an activating group) is 1. The molecule has 1 amide bonds. The van der Waals surface area contributed by atoms with E-state index < -0.39 is 0 Å². The van der Waals surface area contributed by atoms with Crippen LogP contribution in [0.3, 0.4) is 0 Å². The van der Waals surface area contributed by atoms with Gasteiger partial charge in [0.05, 0.1) is 22.7 Å². The zero-order valence-corrected chi connectivity index (χ0v) is 24.6. The van der Waals surface area contributed by atoms with E-state index in [0.717, 1.165) is 57.7 Å². The first-order chi connectivity index (χ1) is 18.8. The summed E-state index contributed by atoms with van der Waals surface area (Å²) in [5.41, 5.74) is 3.31. The Labute approximate surface area is 243 Å². The van der Waals surface area contributed by atoms with Crippen molar-refractivity contribution < 1.29 is 9.53 Å². The van der Waals surface area contributed by atoms with Crippen LogP contribution in [0.4, 0.5) is 0 Å². The lowest BCUT2D eigenvalue weighted by Gasteiger charge is -2.43. The van der Waals surface area contributed by atoms with Gasteiger partial charge in [-0.3, -0.25) is 4.79 Å². The molecule has 208 valence electrons. The normalized spacial score (nSPS) is 16.2. The molecule has 0 aliphatic carbocycles. The number of benzene rings is 3. The number of carbonyl (C=O) groups is 1. The quantitative estimate of drug-likeness (QED) is 0.279. The van der Waals surface area contributed by atoms with Gasteiger partial charge in [-0.2, -0.15) is 0 Å². The van der Waals surface area contributed by atoms with Crippen molar-refractivity contribution in [3.8, 4) is 5.75 Å². The Bertz CT molecular complexity index is 1230. The van der Waals surface area contributed by atoms with Gasteiger partial charge in [-0.25, -0.2) is 0 Å². The molecular formula is C32H39Cl2N3O2. The van der Waals surface area contributed by atoms with Gasteiger partial charge < -0.3 is 19.9 Å². The summed E-state index contributed by atoms with van der Waals surface area (Å²) in [6.45, 7) is 6.17. The Morgan fingerprint density at radius 3 is 2.44 bits per heavy atom. The molecule has 1 atom stereocenters. The Kier molecular flexibility index (Phi) is 10.3. The van der Waals surface area contributed by atoms with Gasteiger partial charge in [-0.05, 0) is 79.7 Å². The highest BCUT2D eigenvalue weighted by Gasteiger charge is 2.36. The van der Waals surface area contributed by atoms with Crippen LogP contribution in [0.2, 0.25) is 10.0 Å². The lowest BCUT2D eigenvalue weighted by atomic mass is 9.80. The number of hydrogen-bond acceptors (Lipinski definition) is 4. The first-order valence-corrected chi connectivity index (χ1v) is 14.4. The number of methoxy groups -OCH3 is 1. The molecule has 0 spiro atoms. The third-order valence-electron chi connectivity index (χ3n) is 7.78. The summed E-state index contributed by atoms with van der Waals surface area (Å²) in [5, 5.41) is 4.46. The van der Waals surface area contributed by atoms with Crippen LogP contribution >= 0.6 is 23.2 Å². The summed E-state index contributed by atoms with van der Waals surface area (Å²) in [6, 6.07) is 24.6. The number of nitrogens with one attached hydrogen (secondary N) is 1. The lowest BCUT2D eigenvalue weighted by Crippen LogP contribution is -2.52. The Hall–Kier alpha value is -2.57. The Balaban J connectivity index is 1.43. The number of amides is 1. The molecular weight excluding hydrogens is 529 g/mol. The molecule has 1 heterocycles. The molecule has 1 N–H and O–H groups in total. The van der Waals surface area contributed by atoms with Crippen molar-refractivity contribution in [1.82, 2.24) is 15.1 Å². The second-order valence-corrected chi connectivity index (χ2v) is 11.5. The largest absolute Gasteiger partial charge is 0.497 e. The van der Waals surface area contributed by atoms with Crippen LogP contribution < -0.4 is 10.1 Å². The minimum atomic E-state index is -0.302. The number of piperidine rings is 1. The predicted molar refractivity (Wildman–Crippen MR) is 161 cm³/mol. The number of rotatable bonds is 11. The van der Waals surface area contributed by atoms with Crippen LogP contribution in [0.25, 0.3) is 0 Å². The molecule has 1 unspecified atom stereocenters. The van der Waals surface area contributed by atoms with Crippen LogP contribution in [0.5, 0.6) is 5.75 Å². The number of carbonyl (C=O) groups excluding carboxylic acids is 1. The van der Waals surface area contributed by atoms with E-state index in [1.165, 1.54) is 16.7 Å². The SMILES string of the molecule is COc1cccc(CN(C)CC(CCN2CCC(NC(C)=O)(c3ccccc3)CC2)c2ccc(Cl)c(Cl)c2)c1. The minimum Gasteiger partial charge on any atom is -0.497 e. The predicted octanol–water partition coefficient (Wildman–Crippen LogP) is 6.74. The maximum atomic E-state index is 12.1. The van der Waals surface area contributed by atoms with E-state index in [0.29, 0.717) is 16.0 Å². The topological polar surface area (TPSA) is 44.8 Å². The first kappa shape index (κ1) is 29.4. The molecule has 5 nitrogen and oxygen atoms in total. The maximum Gasteiger partial charge on any atom is 0.217 e. The van der Waals surface area contributed by atoms with Crippen molar-refractivity contribution in [1.29, 1.82) is 0 Å². The molecule has 39 heavy (non-hydrogen) atoms. The molecule has 3 aromatic carbocycles. The zero-order chi connectivity index (χ0) is 27.8. The van der Waals surface area contributed by atoms with Gasteiger partial charge in [-0.15, -0.1) is 0 Å². The standard InChI is InChI=1S/C32H39Cl2N3O2/c1-24(38)35-32(28-9-5-4-6-10-28)15-18-37(19-16-32)17-14-27(26-12-13-30(33)31(34)21-26)23-36(2)22-25-8-7-11-29(20-25)39-3/h4-13,20-21,27H,14-19,22-23H2,1-3H3,(H,35,38). The van der Waals surface area contributed by atoms with Crippen LogP contribution in [-0.2, 0) is 16.9 Å². The second-order valence-electron chi connectivity index (χ2n) is 10.7. The molecule has 3 aromatic rings. The van der Waals surface area contributed by atoms with E-state index in [1.807, 2.05) is 30.3 Å². The van der Waals surface area contributed by atoms with Crippen LogP contribution in [0, 0.1) is 0 Å². The van der Waals surface area contributed by atoms with Gasteiger partial charge in [0.25, 0.3) is 0 Å². The van der Waals surface area contributed by atoms with Gasteiger partial charge in [0.1, 0.15) is 5.75 Å². The van der Waals surface area contributed by atoms with E-state index in [-0.39, 0.29) is 11.4 Å². The molecule has 0 saturated carbocycles. The van der Waals surface area contributed by atoms with E-state index in [1.54, 1.807) is 14.0 Å². The third kappa shape index (κ3) is 7.98. The summed E-state index contributed by atoms with van der Waals surface area (Å²) >= 11 is 12.7. The molecule has 1 saturated heterocycles. The van der Waals surface area contributed by atoms with Gasteiger partial charge >= 0.3 is 0 Å². The minimum absolute atomic E-state index is 0.0195. The van der Waals surface area contributed by atoms with E-state index >= 15 is 0 Å². The van der Waals surface area contributed by atoms with E-state index in [4.69, 9.17) is 27.9 Å². The van der Waals surface area contributed by atoms with Gasteiger partial charge in [-0.1, -0.05) is 71.7 Å². The van der Waals surface area contributed by atoms with Crippen LogP contribution in [0.15, 0.2) is 72.8 Å².